The summed E-state index contributed by atoms with van der Waals surface area (Å²) in [4.78, 5) is 28.1. The van der Waals surface area contributed by atoms with Crippen LogP contribution in [0.4, 0.5) is 0 Å². The molecule has 1 aliphatic rings. The fraction of sp³-hybridized carbons (Fsp3) is 0.500. The van der Waals surface area contributed by atoms with E-state index in [1.807, 2.05) is 26.0 Å². The highest BCUT2D eigenvalue weighted by atomic mass is 32.1. The van der Waals surface area contributed by atoms with E-state index in [1.165, 1.54) is 4.88 Å². The number of hydrogen-bond acceptors (Lipinski definition) is 5. The predicted octanol–water partition coefficient (Wildman–Crippen LogP) is 1.39. The highest BCUT2D eigenvalue weighted by Gasteiger charge is 2.17. The number of aryl methyl sites for hydroxylation is 1. The maximum atomic E-state index is 12.5. The second-order valence-corrected chi connectivity index (χ2v) is 7.97. The molecule has 3 rings (SSSR count). The zero-order valence-electron chi connectivity index (χ0n) is 16.5. The molecule has 2 aromatic heterocycles. The second-order valence-electron chi connectivity index (χ2n) is 6.94. The van der Waals surface area contributed by atoms with E-state index in [4.69, 9.17) is 4.74 Å². The molecule has 8 heteroatoms. The van der Waals surface area contributed by atoms with Crippen molar-refractivity contribution < 1.29 is 14.3 Å². The zero-order valence-corrected chi connectivity index (χ0v) is 17.3. The summed E-state index contributed by atoms with van der Waals surface area (Å²) >= 11 is 1.70. The molecule has 0 aromatic carbocycles. The van der Waals surface area contributed by atoms with E-state index >= 15 is 0 Å². The van der Waals surface area contributed by atoms with Gasteiger partial charge in [0.2, 0.25) is 5.91 Å². The summed E-state index contributed by atoms with van der Waals surface area (Å²) in [7, 11) is 0. The molecular formula is C20H28N4O3S. The molecule has 152 valence electrons. The summed E-state index contributed by atoms with van der Waals surface area (Å²) < 4.78 is 7.43. The molecule has 1 saturated heterocycles. The third kappa shape index (κ3) is 5.43. The van der Waals surface area contributed by atoms with E-state index < -0.39 is 0 Å². The molecule has 0 aliphatic carbocycles. The zero-order chi connectivity index (χ0) is 19.9. The Kier molecular flexibility index (Phi) is 7.24. The van der Waals surface area contributed by atoms with Crippen LogP contribution in [0.25, 0.3) is 0 Å². The van der Waals surface area contributed by atoms with E-state index in [-0.39, 0.29) is 18.4 Å². The van der Waals surface area contributed by atoms with Crippen molar-refractivity contribution in [3.05, 3.63) is 45.4 Å². The van der Waals surface area contributed by atoms with Gasteiger partial charge in [0, 0.05) is 42.4 Å². The maximum Gasteiger partial charge on any atom is 0.253 e. The highest BCUT2D eigenvalue weighted by Crippen LogP contribution is 2.19. The number of aromatic nitrogens is 1. The van der Waals surface area contributed by atoms with E-state index in [0.29, 0.717) is 12.1 Å². The summed E-state index contributed by atoms with van der Waals surface area (Å²) in [6, 6.07) is 6.00. The number of morpholine rings is 1. The Morgan fingerprint density at radius 1 is 1.21 bits per heavy atom. The summed E-state index contributed by atoms with van der Waals surface area (Å²) in [5.41, 5.74) is 2.57. The number of carbonyl (C=O) groups excluding carboxylic acids is 2. The smallest absolute Gasteiger partial charge is 0.253 e. The van der Waals surface area contributed by atoms with Gasteiger partial charge in [-0.2, -0.15) is 0 Å². The molecule has 0 radical (unpaired) electrons. The molecule has 7 nitrogen and oxygen atoms in total. The third-order valence-electron chi connectivity index (χ3n) is 4.98. The van der Waals surface area contributed by atoms with Crippen LogP contribution in [0.15, 0.2) is 23.6 Å². The number of ether oxygens (including phenoxy) is 1. The lowest BCUT2D eigenvalue weighted by molar-refractivity contribution is -0.120. The van der Waals surface area contributed by atoms with Gasteiger partial charge < -0.3 is 19.9 Å². The Morgan fingerprint density at radius 2 is 2.00 bits per heavy atom. The summed E-state index contributed by atoms with van der Waals surface area (Å²) in [6.07, 6.45) is 0. The van der Waals surface area contributed by atoms with Gasteiger partial charge in [-0.25, -0.2) is 0 Å². The molecule has 2 amide bonds. The molecule has 0 saturated carbocycles. The fourth-order valence-corrected chi connectivity index (χ4v) is 4.02. The van der Waals surface area contributed by atoms with Gasteiger partial charge in [0.15, 0.2) is 0 Å². The number of amides is 2. The van der Waals surface area contributed by atoms with E-state index in [1.54, 1.807) is 11.3 Å². The van der Waals surface area contributed by atoms with Crippen LogP contribution in [0, 0.1) is 13.8 Å². The van der Waals surface area contributed by atoms with Crippen molar-refractivity contribution in [2.24, 2.45) is 0 Å². The first kappa shape index (κ1) is 20.6. The van der Waals surface area contributed by atoms with Gasteiger partial charge in [0.05, 0.1) is 31.9 Å². The van der Waals surface area contributed by atoms with Crippen molar-refractivity contribution >= 4 is 23.2 Å². The van der Waals surface area contributed by atoms with E-state index in [2.05, 4.69) is 31.5 Å². The lowest BCUT2D eigenvalue weighted by Gasteiger charge is -2.26. The molecule has 0 spiro atoms. The first-order valence-electron chi connectivity index (χ1n) is 9.58. The van der Waals surface area contributed by atoms with Gasteiger partial charge in [-0.15, -0.1) is 11.3 Å². The molecule has 3 heterocycles. The van der Waals surface area contributed by atoms with E-state index in [0.717, 1.165) is 50.8 Å². The largest absolute Gasteiger partial charge is 0.379 e. The van der Waals surface area contributed by atoms with Crippen LogP contribution < -0.4 is 10.6 Å². The topological polar surface area (TPSA) is 75.6 Å². The molecule has 2 aromatic rings. The number of hydrogen-bond donors (Lipinski definition) is 2. The highest BCUT2D eigenvalue weighted by molar-refractivity contribution is 7.09. The Bertz CT molecular complexity index is 795. The number of rotatable bonds is 8. The Morgan fingerprint density at radius 3 is 2.71 bits per heavy atom. The molecule has 0 bridgehead atoms. The van der Waals surface area contributed by atoms with Crippen LogP contribution in [-0.4, -0.2) is 67.2 Å². The lowest BCUT2D eigenvalue weighted by atomic mass is 10.2. The van der Waals surface area contributed by atoms with Gasteiger partial charge >= 0.3 is 0 Å². The quantitative estimate of drug-likeness (QED) is 0.697. The third-order valence-corrected chi connectivity index (χ3v) is 5.84. The average Bonchev–Trinajstić information content (AvgIpc) is 3.31. The average molecular weight is 405 g/mol. The number of carbonyl (C=O) groups is 2. The van der Waals surface area contributed by atoms with Gasteiger partial charge in [0.1, 0.15) is 0 Å². The normalized spacial score (nSPS) is 14.8. The van der Waals surface area contributed by atoms with Gasteiger partial charge in [-0.3, -0.25) is 14.5 Å². The molecule has 1 fully saturated rings. The molecule has 28 heavy (non-hydrogen) atoms. The number of nitrogens with zero attached hydrogens (tertiary/aromatic N) is 2. The van der Waals surface area contributed by atoms with Crippen molar-refractivity contribution in [1.82, 2.24) is 20.1 Å². The van der Waals surface area contributed by atoms with Crippen LogP contribution in [0.1, 0.15) is 26.6 Å². The Balaban J connectivity index is 1.45. The SMILES string of the molecule is Cc1cc(C(=O)NCC(=O)NCCN2CCOCC2)c(C)n1Cc1cccs1. The van der Waals surface area contributed by atoms with Crippen molar-refractivity contribution in [1.29, 1.82) is 0 Å². The fourth-order valence-electron chi connectivity index (χ4n) is 3.33. The predicted molar refractivity (Wildman–Crippen MR) is 110 cm³/mol. The van der Waals surface area contributed by atoms with Crippen LogP contribution in [-0.2, 0) is 16.1 Å². The van der Waals surface area contributed by atoms with Crippen molar-refractivity contribution in [2.45, 2.75) is 20.4 Å². The standard InChI is InChI=1S/C20H28N4O3S/c1-15-12-18(16(2)24(15)14-17-4-3-11-28-17)20(26)22-13-19(25)21-5-6-23-7-9-27-10-8-23/h3-4,11-12H,5-10,13-14H2,1-2H3,(H,21,25)(H,22,26). The Hall–Kier alpha value is -2.16. The van der Waals surface area contributed by atoms with Gasteiger partial charge in [-0.1, -0.05) is 6.07 Å². The second kappa shape index (κ2) is 9.86. The van der Waals surface area contributed by atoms with Crippen LogP contribution in [0.5, 0.6) is 0 Å². The van der Waals surface area contributed by atoms with Gasteiger partial charge in [0.25, 0.3) is 5.91 Å². The minimum atomic E-state index is -0.214. The summed E-state index contributed by atoms with van der Waals surface area (Å²) in [5, 5.41) is 7.64. The van der Waals surface area contributed by atoms with Crippen molar-refractivity contribution in [3.8, 4) is 0 Å². The van der Waals surface area contributed by atoms with Crippen LogP contribution >= 0.6 is 11.3 Å². The summed E-state index contributed by atoms with van der Waals surface area (Å²) in [5.74, 6) is -0.386. The first-order valence-corrected chi connectivity index (χ1v) is 10.5. The minimum absolute atomic E-state index is 0.0173. The van der Waals surface area contributed by atoms with Crippen LogP contribution in [0.2, 0.25) is 0 Å². The van der Waals surface area contributed by atoms with Crippen molar-refractivity contribution in [3.63, 3.8) is 0 Å². The Labute approximate surface area is 169 Å². The molecule has 0 atom stereocenters. The molecular weight excluding hydrogens is 376 g/mol. The monoisotopic (exact) mass is 404 g/mol. The van der Waals surface area contributed by atoms with E-state index in [9.17, 15) is 9.59 Å². The maximum absolute atomic E-state index is 12.5. The molecule has 0 unspecified atom stereocenters. The summed E-state index contributed by atoms with van der Waals surface area (Å²) in [6.45, 7) is 9.33. The number of nitrogens with one attached hydrogen (secondary N) is 2. The molecule has 1 aliphatic heterocycles. The number of thiophene rings is 1. The molecule has 2 N–H and O–H groups in total. The van der Waals surface area contributed by atoms with Crippen LogP contribution in [0.3, 0.4) is 0 Å². The lowest BCUT2D eigenvalue weighted by Crippen LogP contribution is -2.43. The van der Waals surface area contributed by atoms with Gasteiger partial charge in [-0.05, 0) is 31.4 Å². The first-order chi connectivity index (χ1) is 13.5. The minimum Gasteiger partial charge on any atom is -0.379 e. The van der Waals surface area contributed by atoms with Crippen molar-refractivity contribution in [2.75, 3.05) is 45.9 Å².